The maximum atomic E-state index is 9.01. The molecular formula is C12H14N2O2. The number of fused-ring (bicyclic) bond motifs is 1. The lowest BCUT2D eigenvalue weighted by atomic mass is 10.1. The van der Waals surface area contributed by atoms with Gasteiger partial charge in [-0.05, 0) is 11.5 Å². The molecule has 1 aromatic heterocycles. The molecule has 0 amide bonds. The largest absolute Gasteiger partial charge is 0.394 e. The molecule has 1 heterocycles. The Balaban J connectivity index is 2.36. The monoisotopic (exact) mass is 218 g/mol. The molecule has 16 heavy (non-hydrogen) atoms. The van der Waals surface area contributed by atoms with Crippen LogP contribution in [0.5, 0.6) is 0 Å². The van der Waals surface area contributed by atoms with E-state index in [1.165, 1.54) is 0 Å². The number of rotatable bonds is 4. The molecule has 2 aromatic rings. The van der Waals surface area contributed by atoms with Crippen molar-refractivity contribution < 1.29 is 10.2 Å². The predicted octanol–water partition coefficient (Wildman–Crippen LogP) is 1.000. The molecule has 0 aliphatic carbocycles. The lowest BCUT2D eigenvalue weighted by molar-refractivity contribution is 0.203. The van der Waals surface area contributed by atoms with Gasteiger partial charge in [0.1, 0.15) is 5.82 Å². The lowest BCUT2D eigenvalue weighted by Crippen LogP contribution is -2.28. The summed E-state index contributed by atoms with van der Waals surface area (Å²) in [4.78, 5) is 4.21. The highest BCUT2D eigenvalue weighted by Gasteiger charge is 2.08. The van der Waals surface area contributed by atoms with Gasteiger partial charge in [0.25, 0.3) is 0 Å². The number of anilines is 1. The van der Waals surface area contributed by atoms with E-state index in [-0.39, 0.29) is 19.3 Å². The van der Waals surface area contributed by atoms with Crippen LogP contribution >= 0.6 is 0 Å². The van der Waals surface area contributed by atoms with Gasteiger partial charge in [0, 0.05) is 11.6 Å². The van der Waals surface area contributed by atoms with Crippen LogP contribution in [0, 0.1) is 0 Å². The average molecular weight is 218 g/mol. The van der Waals surface area contributed by atoms with E-state index in [0.29, 0.717) is 5.82 Å². The first-order chi connectivity index (χ1) is 7.85. The van der Waals surface area contributed by atoms with Gasteiger partial charge in [0.2, 0.25) is 0 Å². The van der Waals surface area contributed by atoms with E-state index >= 15 is 0 Å². The van der Waals surface area contributed by atoms with Gasteiger partial charge < -0.3 is 15.5 Å². The smallest absolute Gasteiger partial charge is 0.134 e. The average Bonchev–Trinajstić information content (AvgIpc) is 2.36. The molecule has 84 valence electrons. The summed E-state index contributed by atoms with van der Waals surface area (Å²) >= 11 is 0. The number of aliphatic hydroxyl groups excluding tert-OH is 2. The first-order valence-corrected chi connectivity index (χ1v) is 5.17. The molecule has 4 nitrogen and oxygen atoms in total. The standard InChI is InChI=1S/C12H14N2O2/c15-7-10(8-16)14-12-11-4-2-1-3-9(11)5-6-13-12/h1-6,10,15-16H,7-8H2,(H,13,14). The van der Waals surface area contributed by atoms with Gasteiger partial charge in [0.15, 0.2) is 0 Å². The van der Waals surface area contributed by atoms with Crippen molar-refractivity contribution in [1.29, 1.82) is 0 Å². The van der Waals surface area contributed by atoms with E-state index in [1.54, 1.807) is 6.20 Å². The van der Waals surface area contributed by atoms with Crippen LogP contribution in [0.3, 0.4) is 0 Å². The third kappa shape index (κ3) is 2.13. The molecule has 0 spiro atoms. The second-order valence-corrected chi connectivity index (χ2v) is 3.59. The van der Waals surface area contributed by atoms with Gasteiger partial charge in [-0.3, -0.25) is 0 Å². The fourth-order valence-corrected chi connectivity index (χ4v) is 1.58. The highest BCUT2D eigenvalue weighted by atomic mass is 16.3. The van der Waals surface area contributed by atoms with Crippen LogP contribution in [0.4, 0.5) is 5.82 Å². The van der Waals surface area contributed by atoms with Gasteiger partial charge in [0.05, 0.1) is 19.3 Å². The zero-order valence-electron chi connectivity index (χ0n) is 8.80. The Hall–Kier alpha value is -1.65. The van der Waals surface area contributed by atoms with Crippen LogP contribution < -0.4 is 5.32 Å². The number of hydrogen-bond donors (Lipinski definition) is 3. The Labute approximate surface area is 93.6 Å². The number of benzene rings is 1. The normalized spacial score (nSPS) is 10.9. The molecule has 0 aliphatic rings. The molecule has 2 rings (SSSR count). The lowest BCUT2D eigenvalue weighted by Gasteiger charge is -2.15. The Morgan fingerprint density at radius 2 is 1.88 bits per heavy atom. The minimum absolute atomic E-state index is 0.124. The van der Waals surface area contributed by atoms with Gasteiger partial charge in [-0.25, -0.2) is 4.98 Å². The molecule has 4 heteroatoms. The van der Waals surface area contributed by atoms with E-state index in [4.69, 9.17) is 10.2 Å². The maximum absolute atomic E-state index is 9.01. The number of hydrogen-bond acceptors (Lipinski definition) is 4. The predicted molar refractivity (Wildman–Crippen MR) is 63.3 cm³/mol. The number of aliphatic hydroxyl groups is 2. The molecule has 0 bridgehead atoms. The summed E-state index contributed by atoms with van der Waals surface area (Å²) in [6.07, 6.45) is 1.70. The molecular weight excluding hydrogens is 204 g/mol. The SMILES string of the molecule is OCC(CO)Nc1nccc2ccccc12. The maximum Gasteiger partial charge on any atom is 0.134 e. The van der Waals surface area contributed by atoms with E-state index in [1.807, 2.05) is 30.3 Å². The van der Waals surface area contributed by atoms with E-state index in [0.717, 1.165) is 10.8 Å². The summed E-state index contributed by atoms with van der Waals surface area (Å²) in [7, 11) is 0. The third-order valence-corrected chi connectivity index (χ3v) is 2.46. The zero-order valence-corrected chi connectivity index (χ0v) is 8.80. The van der Waals surface area contributed by atoms with Gasteiger partial charge >= 0.3 is 0 Å². The van der Waals surface area contributed by atoms with Crippen molar-refractivity contribution in [2.75, 3.05) is 18.5 Å². The molecule has 0 saturated carbocycles. The summed E-state index contributed by atoms with van der Waals surface area (Å²) < 4.78 is 0. The topological polar surface area (TPSA) is 65.4 Å². The van der Waals surface area contributed by atoms with Crippen molar-refractivity contribution >= 4 is 16.6 Å². The fourth-order valence-electron chi connectivity index (χ4n) is 1.58. The molecule has 0 radical (unpaired) electrons. The highest BCUT2D eigenvalue weighted by Crippen LogP contribution is 2.20. The second-order valence-electron chi connectivity index (χ2n) is 3.59. The molecule has 0 aliphatic heterocycles. The first kappa shape index (κ1) is 10.9. The van der Waals surface area contributed by atoms with E-state index in [2.05, 4.69) is 10.3 Å². The Bertz CT molecular complexity index is 464. The Morgan fingerprint density at radius 3 is 2.62 bits per heavy atom. The summed E-state index contributed by atoms with van der Waals surface area (Å²) in [5.74, 6) is 0.686. The summed E-state index contributed by atoms with van der Waals surface area (Å²) in [6.45, 7) is -0.247. The van der Waals surface area contributed by atoms with Crippen molar-refractivity contribution in [1.82, 2.24) is 4.98 Å². The number of aromatic nitrogens is 1. The number of pyridine rings is 1. The molecule has 0 unspecified atom stereocenters. The van der Waals surface area contributed by atoms with Crippen molar-refractivity contribution in [3.8, 4) is 0 Å². The second kappa shape index (κ2) is 4.92. The van der Waals surface area contributed by atoms with Crippen molar-refractivity contribution in [2.24, 2.45) is 0 Å². The van der Waals surface area contributed by atoms with Gasteiger partial charge in [-0.1, -0.05) is 24.3 Å². The van der Waals surface area contributed by atoms with Gasteiger partial charge in [-0.15, -0.1) is 0 Å². The minimum Gasteiger partial charge on any atom is -0.394 e. The van der Waals surface area contributed by atoms with Crippen molar-refractivity contribution in [3.63, 3.8) is 0 Å². The number of nitrogens with zero attached hydrogens (tertiary/aromatic N) is 1. The third-order valence-electron chi connectivity index (χ3n) is 2.46. The van der Waals surface area contributed by atoms with Crippen LogP contribution in [0.2, 0.25) is 0 Å². The minimum atomic E-state index is -0.377. The molecule has 0 atom stereocenters. The molecule has 0 saturated heterocycles. The first-order valence-electron chi connectivity index (χ1n) is 5.17. The van der Waals surface area contributed by atoms with Crippen LogP contribution in [-0.2, 0) is 0 Å². The van der Waals surface area contributed by atoms with E-state index < -0.39 is 0 Å². The Kier molecular flexibility index (Phi) is 3.34. The van der Waals surface area contributed by atoms with Crippen LogP contribution in [0.15, 0.2) is 36.5 Å². The summed E-state index contributed by atoms with van der Waals surface area (Å²) in [5, 5.41) is 23.1. The summed E-state index contributed by atoms with van der Waals surface area (Å²) in [6, 6.07) is 9.39. The Morgan fingerprint density at radius 1 is 1.12 bits per heavy atom. The quantitative estimate of drug-likeness (QED) is 0.716. The fraction of sp³-hybridized carbons (Fsp3) is 0.250. The molecule has 3 N–H and O–H groups in total. The van der Waals surface area contributed by atoms with Crippen molar-refractivity contribution in [2.45, 2.75) is 6.04 Å². The highest BCUT2D eigenvalue weighted by molar-refractivity contribution is 5.91. The van der Waals surface area contributed by atoms with Gasteiger partial charge in [-0.2, -0.15) is 0 Å². The molecule has 1 aromatic carbocycles. The van der Waals surface area contributed by atoms with E-state index in [9.17, 15) is 0 Å². The van der Waals surface area contributed by atoms with Crippen molar-refractivity contribution in [3.05, 3.63) is 36.5 Å². The van der Waals surface area contributed by atoms with Crippen LogP contribution in [0.1, 0.15) is 0 Å². The summed E-state index contributed by atoms with van der Waals surface area (Å²) in [5.41, 5.74) is 0. The van der Waals surface area contributed by atoms with Crippen LogP contribution in [-0.4, -0.2) is 34.5 Å². The zero-order chi connectivity index (χ0) is 11.4. The molecule has 0 fully saturated rings. The number of nitrogens with one attached hydrogen (secondary N) is 1. The van der Waals surface area contributed by atoms with Crippen LogP contribution in [0.25, 0.3) is 10.8 Å².